The number of thiophene rings is 1. The lowest BCUT2D eigenvalue weighted by molar-refractivity contribution is -0.115. The van der Waals surface area contributed by atoms with E-state index in [0.29, 0.717) is 28.7 Å². The Morgan fingerprint density at radius 1 is 1.30 bits per heavy atom. The standard InChI is InChI=1S/C22H23N3O3S2/c1-3-18(27)23-14-7-5-13(6-8-14)16(26)11-29-22-24-20(28)19-15-9-4-12(2)10-17(15)30-21(19)25-22/h5-8,12H,3-4,9-11H2,1-2H3,(H,23,27)(H,24,25,28)/t12-/m1/s1. The average molecular weight is 442 g/mol. The first-order chi connectivity index (χ1) is 14.4. The minimum absolute atomic E-state index is 0.0598. The minimum atomic E-state index is -0.113. The topological polar surface area (TPSA) is 91.9 Å². The van der Waals surface area contributed by atoms with Gasteiger partial charge in [0.2, 0.25) is 5.91 Å². The number of aromatic nitrogens is 2. The van der Waals surface area contributed by atoms with Gasteiger partial charge in [0.15, 0.2) is 10.9 Å². The van der Waals surface area contributed by atoms with E-state index in [9.17, 15) is 14.4 Å². The Hall–Kier alpha value is -2.45. The molecule has 0 saturated carbocycles. The van der Waals surface area contributed by atoms with E-state index >= 15 is 0 Å². The van der Waals surface area contributed by atoms with Gasteiger partial charge in [0.25, 0.3) is 5.56 Å². The molecule has 1 aliphatic carbocycles. The van der Waals surface area contributed by atoms with Crippen LogP contribution in [0.1, 0.15) is 47.5 Å². The monoisotopic (exact) mass is 441 g/mol. The molecule has 1 aromatic carbocycles. The number of carbonyl (C=O) groups is 2. The van der Waals surface area contributed by atoms with Gasteiger partial charge in [-0.05, 0) is 55.0 Å². The second-order valence-electron chi connectivity index (χ2n) is 7.59. The number of carbonyl (C=O) groups excluding carboxylic acids is 2. The summed E-state index contributed by atoms with van der Waals surface area (Å²) in [6, 6.07) is 6.83. The van der Waals surface area contributed by atoms with E-state index in [1.54, 1.807) is 42.5 Å². The third-order valence-electron chi connectivity index (χ3n) is 5.30. The van der Waals surface area contributed by atoms with Crippen LogP contribution in [0.2, 0.25) is 0 Å². The first kappa shape index (κ1) is 20.8. The van der Waals surface area contributed by atoms with Crippen molar-refractivity contribution in [2.24, 2.45) is 5.92 Å². The second-order valence-corrected chi connectivity index (χ2v) is 9.64. The van der Waals surface area contributed by atoms with E-state index in [0.717, 1.165) is 35.0 Å². The summed E-state index contributed by atoms with van der Waals surface area (Å²) in [5.74, 6) is 0.685. The number of nitrogens with one attached hydrogen (secondary N) is 2. The highest BCUT2D eigenvalue weighted by Crippen LogP contribution is 2.36. The van der Waals surface area contributed by atoms with Crippen LogP contribution in [-0.4, -0.2) is 27.4 Å². The number of Topliss-reactive ketones (excluding diaryl/α,β-unsaturated/α-hetero) is 1. The van der Waals surface area contributed by atoms with Gasteiger partial charge in [0.05, 0.1) is 11.1 Å². The van der Waals surface area contributed by atoms with Crippen LogP contribution in [0.25, 0.3) is 10.2 Å². The quantitative estimate of drug-likeness (QED) is 0.335. The number of benzene rings is 1. The van der Waals surface area contributed by atoms with Gasteiger partial charge >= 0.3 is 0 Å². The Morgan fingerprint density at radius 3 is 2.80 bits per heavy atom. The fraction of sp³-hybridized carbons (Fsp3) is 0.364. The van der Waals surface area contributed by atoms with Crippen molar-refractivity contribution in [2.75, 3.05) is 11.1 Å². The van der Waals surface area contributed by atoms with Gasteiger partial charge in [-0.1, -0.05) is 25.6 Å². The Balaban J connectivity index is 1.46. The maximum Gasteiger partial charge on any atom is 0.260 e. The van der Waals surface area contributed by atoms with Crippen molar-refractivity contribution in [3.63, 3.8) is 0 Å². The van der Waals surface area contributed by atoms with E-state index in [1.807, 2.05) is 0 Å². The summed E-state index contributed by atoms with van der Waals surface area (Å²) in [6.07, 6.45) is 3.44. The van der Waals surface area contributed by atoms with Gasteiger partial charge in [-0.2, -0.15) is 0 Å². The molecule has 0 aliphatic heterocycles. The van der Waals surface area contributed by atoms with E-state index < -0.39 is 0 Å². The van der Waals surface area contributed by atoms with Gasteiger partial charge in [0.1, 0.15) is 4.83 Å². The van der Waals surface area contributed by atoms with Crippen molar-refractivity contribution >= 4 is 50.7 Å². The first-order valence-corrected chi connectivity index (χ1v) is 11.8. The molecular formula is C22H23N3O3S2. The van der Waals surface area contributed by atoms with E-state index in [4.69, 9.17) is 0 Å². The van der Waals surface area contributed by atoms with Crippen LogP contribution in [0.5, 0.6) is 0 Å². The summed E-state index contributed by atoms with van der Waals surface area (Å²) in [5.41, 5.74) is 2.27. The number of rotatable bonds is 6. The van der Waals surface area contributed by atoms with Gasteiger partial charge < -0.3 is 10.3 Å². The highest BCUT2D eigenvalue weighted by molar-refractivity contribution is 7.99. The summed E-state index contributed by atoms with van der Waals surface area (Å²) in [6.45, 7) is 4.02. The summed E-state index contributed by atoms with van der Waals surface area (Å²) >= 11 is 2.84. The maximum absolute atomic E-state index is 12.7. The fourth-order valence-electron chi connectivity index (χ4n) is 3.60. The minimum Gasteiger partial charge on any atom is -0.326 e. The third kappa shape index (κ3) is 4.34. The molecule has 1 aliphatic rings. The molecule has 0 unspecified atom stereocenters. The van der Waals surface area contributed by atoms with Crippen molar-refractivity contribution < 1.29 is 9.59 Å². The molecule has 0 fully saturated rings. The lowest BCUT2D eigenvalue weighted by atomic mass is 9.89. The predicted molar refractivity (Wildman–Crippen MR) is 122 cm³/mol. The number of hydrogen-bond donors (Lipinski definition) is 2. The van der Waals surface area contributed by atoms with E-state index in [2.05, 4.69) is 22.2 Å². The van der Waals surface area contributed by atoms with Crippen molar-refractivity contribution in [2.45, 2.75) is 44.7 Å². The van der Waals surface area contributed by atoms with Crippen molar-refractivity contribution in [3.8, 4) is 0 Å². The molecule has 2 aromatic heterocycles. The van der Waals surface area contributed by atoms with Crippen LogP contribution in [0, 0.1) is 5.92 Å². The van der Waals surface area contributed by atoms with Gasteiger partial charge in [0, 0.05) is 22.5 Å². The van der Waals surface area contributed by atoms with Crippen LogP contribution in [-0.2, 0) is 17.6 Å². The van der Waals surface area contributed by atoms with Crippen molar-refractivity contribution in [1.82, 2.24) is 9.97 Å². The molecule has 6 nitrogen and oxygen atoms in total. The first-order valence-electron chi connectivity index (χ1n) is 10.0. The lowest BCUT2D eigenvalue weighted by Crippen LogP contribution is -2.14. The predicted octanol–water partition coefficient (Wildman–Crippen LogP) is 4.43. The summed E-state index contributed by atoms with van der Waals surface area (Å²) < 4.78 is 0. The Kier molecular flexibility index (Phi) is 6.06. The average Bonchev–Trinajstić information content (AvgIpc) is 3.10. The molecule has 0 saturated heterocycles. The zero-order valence-electron chi connectivity index (χ0n) is 16.9. The molecule has 156 valence electrons. The number of H-pyrrole nitrogens is 1. The highest BCUT2D eigenvalue weighted by Gasteiger charge is 2.23. The molecule has 1 amide bonds. The smallest absolute Gasteiger partial charge is 0.260 e. The molecule has 1 atom stereocenters. The van der Waals surface area contributed by atoms with Crippen LogP contribution in [0.15, 0.2) is 34.2 Å². The number of anilines is 1. The zero-order chi connectivity index (χ0) is 21.3. The van der Waals surface area contributed by atoms with Crippen LogP contribution in [0.3, 0.4) is 0 Å². The van der Waals surface area contributed by atoms with Gasteiger partial charge in [-0.3, -0.25) is 14.4 Å². The van der Waals surface area contributed by atoms with E-state index in [1.165, 1.54) is 16.6 Å². The molecule has 2 N–H and O–H groups in total. The fourth-order valence-corrected chi connectivity index (χ4v) is 5.80. The third-order valence-corrected chi connectivity index (χ3v) is 7.32. The van der Waals surface area contributed by atoms with Crippen LogP contribution < -0.4 is 10.9 Å². The second kappa shape index (κ2) is 8.73. The molecule has 0 spiro atoms. The van der Waals surface area contributed by atoms with Crippen LogP contribution in [0.4, 0.5) is 5.69 Å². The Morgan fingerprint density at radius 2 is 2.07 bits per heavy atom. The Bertz CT molecular complexity index is 1160. The normalized spacial score (nSPS) is 15.7. The summed E-state index contributed by atoms with van der Waals surface area (Å²) in [4.78, 5) is 46.1. The molecule has 0 bridgehead atoms. The van der Waals surface area contributed by atoms with Crippen molar-refractivity contribution in [3.05, 3.63) is 50.6 Å². The molecular weight excluding hydrogens is 418 g/mol. The molecule has 30 heavy (non-hydrogen) atoms. The molecule has 3 aromatic rings. The Labute approximate surface area is 182 Å². The number of ketones is 1. The molecule has 8 heteroatoms. The van der Waals surface area contributed by atoms with Gasteiger partial charge in [-0.15, -0.1) is 11.3 Å². The zero-order valence-corrected chi connectivity index (χ0v) is 18.5. The number of hydrogen-bond acceptors (Lipinski definition) is 6. The molecule has 2 heterocycles. The summed E-state index contributed by atoms with van der Waals surface area (Å²) in [7, 11) is 0. The SMILES string of the molecule is CCC(=O)Nc1ccc(C(=O)CSc2nc3sc4c(c3c(=O)[nH]2)CC[C@@H](C)C4)cc1. The van der Waals surface area contributed by atoms with Gasteiger partial charge in [-0.25, -0.2) is 4.98 Å². The summed E-state index contributed by atoms with van der Waals surface area (Å²) in [5, 5.41) is 3.95. The highest BCUT2D eigenvalue weighted by atomic mass is 32.2. The lowest BCUT2D eigenvalue weighted by Gasteiger charge is -2.17. The molecule has 4 rings (SSSR count). The van der Waals surface area contributed by atoms with E-state index in [-0.39, 0.29) is 23.0 Å². The number of aryl methyl sites for hydroxylation is 1. The number of fused-ring (bicyclic) bond motifs is 3. The number of amides is 1. The molecule has 0 radical (unpaired) electrons. The van der Waals surface area contributed by atoms with Crippen molar-refractivity contribution in [1.29, 1.82) is 0 Å². The number of nitrogens with zero attached hydrogens (tertiary/aromatic N) is 1. The number of aromatic amines is 1. The van der Waals surface area contributed by atoms with Crippen LogP contribution >= 0.6 is 23.1 Å². The largest absolute Gasteiger partial charge is 0.326 e. The maximum atomic E-state index is 12.7. The number of thioether (sulfide) groups is 1.